The first-order valence-corrected chi connectivity index (χ1v) is 13.5. The molecule has 34 heavy (non-hydrogen) atoms. The molecule has 0 spiro atoms. The third kappa shape index (κ3) is 6.38. The summed E-state index contributed by atoms with van der Waals surface area (Å²) in [5, 5.41) is 9.71. The van der Waals surface area contributed by atoms with E-state index < -0.39 is 6.04 Å². The zero-order valence-electron chi connectivity index (χ0n) is 18.6. The van der Waals surface area contributed by atoms with Crippen LogP contribution in [0.4, 0.5) is 10.8 Å². The summed E-state index contributed by atoms with van der Waals surface area (Å²) < 4.78 is 0. The number of halogens is 2. The smallest absolute Gasteiger partial charge is 0.248 e. The van der Waals surface area contributed by atoms with Gasteiger partial charge in [0.15, 0.2) is 10.2 Å². The van der Waals surface area contributed by atoms with Crippen LogP contribution in [0.2, 0.25) is 10.0 Å². The molecule has 4 rings (SSSR count). The van der Waals surface area contributed by atoms with Crippen LogP contribution < -0.4 is 10.6 Å². The highest BCUT2D eigenvalue weighted by molar-refractivity contribution is 7.80. The van der Waals surface area contributed by atoms with Crippen molar-refractivity contribution in [2.75, 3.05) is 30.3 Å². The molecule has 1 saturated heterocycles. The van der Waals surface area contributed by atoms with Crippen LogP contribution in [0.3, 0.4) is 0 Å². The number of aromatic nitrogens is 1. The maximum absolute atomic E-state index is 13.2. The quantitative estimate of drug-likeness (QED) is 0.487. The summed E-state index contributed by atoms with van der Waals surface area (Å²) in [6.07, 6.45) is 8.15. The van der Waals surface area contributed by atoms with Gasteiger partial charge in [0, 0.05) is 30.4 Å². The molecule has 1 aromatic heterocycles. The van der Waals surface area contributed by atoms with Gasteiger partial charge in [0.2, 0.25) is 11.8 Å². The number of thiazole rings is 1. The highest BCUT2D eigenvalue weighted by Crippen LogP contribution is 2.30. The zero-order valence-corrected chi connectivity index (χ0v) is 21.8. The average molecular weight is 541 g/mol. The minimum atomic E-state index is -0.516. The fraction of sp³-hybridized carbons (Fsp3) is 0.478. The lowest BCUT2D eigenvalue weighted by atomic mass is 9.84. The van der Waals surface area contributed by atoms with Crippen LogP contribution in [-0.2, 0) is 9.59 Å². The van der Waals surface area contributed by atoms with Crippen LogP contribution in [0, 0.1) is 5.92 Å². The van der Waals surface area contributed by atoms with Crippen molar-refractivity contribution < 1.29 is 9.59 Å². The molecule has 2 heterocycles. The number of amides is 2. The largest absolute Gasteiger partial charge is 0.338 e. The Labute approximate surface area is 218 Å². The molecule has 1 aromatic carbocycles. The number of anilines is 2. The molecule has 182 valence electrons. The Morgan fingerprint density at radius 3 is 2.65 bits per heavy atom. The van der Waals surface area contributed by atoms with Crippen molar-refractivity contribution in [2.24, 2.45) is 5.92 Å². The van der Waals surface area contributed by atoms with Gasteiger partial charge in [-0.05, 0) is 42.8 Å². The molecule has 2 aliphatic rings. The lowest BCUT2D eigenvalue weighted by Gasteiger charge is -2.40. The minimum Gasteiger partial charge on any atom is -0.338 e. The highest BCUT2D eigenvalue weighted by Gasteiger charge is 2.36. The monoisotopic (exact) mass is 539 g/mol. The summed E-state index contributed by atoms with van der Waals surface area (Å²) in [4.78, 5) is 34.1. The maximum atomic E-state index is 13.2. The number of hydrogen-bond acceptors (Lipinski definition) is 5. The summed E-state index contributed by atoms with van der Waals surface area (Å²) >= 11 is 19.0. The van der Waals surface area contributed by atoms with Crippen molar-refractivity contribution in [1.29, 1.82) is 0 Å². The minimum absolute atomic E-state index is 0.110. The Morgan fingerprint density at radius 2 is 1.97 bits per heavy atom. The van der Waals surface area contributed by atoms with Crippen molar-refractivity contribution in [1.82, 2.24) is 14.8 Å². The summed E-state index contributed by atoms with van der Waals surface area (Å²) in [6.45, 7) is 1.06. The predicted octanol–water partition coefficient (Wildman–Crippen LogP) is 5.27. The normalized spacial score (nSPS) is 18.0. The second-order valence-electron chi connectivity index (χ2n) is 8.65. The molecule has 11 heteroatoms. The van der Waals surface area contributed by atoms with Crippen molar-refractivity contribution >= 4 is 74.5 Å². The molecule has 0 bridgehead atoms. The van der Waals surface area contributed by atoms with E-state index in [1.54, 1.807) is 29.3 Å². The molecule has 1 aliphatic heterocycles. The van der Waals surface area contributed by atoms with E-state index in [4.69, 9.17) is 35.4 Å². The van der Waals surface area contributed by atoms with Gasteiger partial charge in [0.1, 0.15) is 6.04 Å². The van der Waals surface area contributed by atoms with E-state index in [0.29, 0.717) is 51.4 Å². The molecule has 2 N–H and O–H groups in total. The topological polar surface area (TPSA) is 77.6 Å². The van der Waals surface area contributed by atoms with Crippen molar-refractivity contribution in [3.8, 4) is 0 Å². The van der Waals surface area contributed by atoms with Crippen molar-refractivity contribution in [2.45, 2.75) is 44.6 Å². The average Bonchev–Trinajstić information content (AvgIpc) is 3.34. The molecular formula is C23H27Cl2N5O2S2. The number of piperazine rings is 1. The number of carbonyl (C=O) groups is 2. The van der Waals surface area contributed by atoms with Crippen LogP contribution >= 0.6 is 46.8 Å². The molecule has 1 unspecified atom stereocenters. The molecule has 1 atom stereocenters. The van der Waals surface area contributed by atoms with Gasteiger partial charge in [-0.1, -0.05) is 55.3 Å². The molecule has 2 fully saturated rings. The van der Waals surface area contributed by atoms with Crippen LogP contribution in [0.1, 0.15) is 38.5 Å². The van der Waals surface area contributed by atoms with E-state index in [9.17, 15) is 9.59 Å². The lowest BCUT2D eigenvalue weighted by Crippen LogP contribution is -2.59. The van der Waals surface area contributed by atoms with Gasteiger partial charge in [-0.2, -0.15) is 0 Å². The Bertz CT molecular complexity index is 1030. The molecule has 7 nitrogen and oxygen atoms in total. The molecular weight excluding hydrogens is 513 g/mol. The van der Waals surface area contributed by atoms with Gasteiger partial charge in [-0.25, -0.2) is 4.98 Å². The van der Waals surface area contributed by atoms with E-state index in [1.807, 2.05) is 10.3 Å². The molecule has 1 saturated carbocycles. The lowest BCUT2D eigenvalue weighted by molar-refractivity contribution is -0.142. The molecule has 2 amide bonds. The van der Waals surface area contributed by atoms with Crippen molar-refractivity contribution in [3.63, 3.8) is 0 Å². The first-order chi connectivity index (χ1) is 16.4. The SMILES string of the molecule is O=C(Nc1nccs1)C(CC1CCCCC1)N1CCN(C(=S)Nc2ccc(Cl)c(Cl)c2)CC1=O. The van der Waals surface area contributed by atoms with E-state index in [0.717, 1.165) is 12.8 Å². The molecule has 2 aromatic rings. The van der Waals surface area contributed by atoms with Crippen LogP contribution in [0.5, 0.6) is 0 Å². The van der Waals surface area contributed by atoms with Gasteiger partial charge >= 0.3 is 0 Å². The van der Waals surface area contributed by atoms with E-state index in [2.05, 4.69) is 15.6 Å². The van der Waals surface area contributed by atoms with E-state index >= 15 is 0 Å². The number of thiocarbonyl (C=S) groups is 1. The Balaban J connectivity index is 1.41. The highest BCUT2D eigenvalue weighted by atomic mass is 35.5. The summed E-state index contributed by atoms with van der Waals surface area (Å²) in [7, 11) is 0. The third-order valence-corrected chi connectivity index (χ3v) is 8.13. The number of nitrogens with zero attached hydrogens (tertiary/aromatic N) is 3. The number of carbonyl (C=O) groups excluding carboxylic acids is 2. The number of benzene rings is 1. The Hall–Kier alpha value is -1.94. The summed E-state index contributed by atoms with van der Waals surface area (Å²) in [5.74, 6) is 0.169. The van der Waals surface area contributed by atoms with Crippen LogP contribution in [-0.4, -0.2) is 57.4 Å². The first kappa shape index (κ1) is 25.2. The standard InChI is InChI=1S/C23H27Cl2N5O2S2/c24-17-7-6-16(13-18(17)25)27-23(33)29-9-10-30(20(31)14-29)19(12-15-4-2-1-3-5-15)21(32)28-22-26-8-11-34-22/h6-8,11,13,15,19H,1-5,9-10,12,14H2,(H,27,33)(H,26,28,32). The fourth-order valence-electron chi connectivity index (χ4n) is 4.55. The Kier molecular flexibility index (Phi) is 8.63. The summed E-state index contributed by atoms with van der Waals surface area (Å²) in [6, 6.07) is 4.65. The van der Waals surface area contributed by atoms with E-state index in [1.165, 1.54) is 30.6 Å². The van der Waals surface area contributed by atoms with Gasteiger partial charge in [0.05, 0.1) is 16.6 Å². The Morgan fingerprint density at radius 1 is 1.18 bits per heavy atom. The molecule has 0 radical (unpaired) electrons. The van der Waals surface area contributed by atoms with Gasteiger partial charge in [-0.15, -0.1) is 11.3 Å². The maximum Gasteiger partial charge on any atom is 0.248 e. The third-order valence-electron chi connectivity index (χ3n) is 6.34. The van der Waals surface area contributed by atoms with Crippen LogP contribution in [0.15, 0.2) is 29.8 Å². The molecule has 1 aliphatic carbocycles. The second-order valence-corrected chi connectivity index (χ2v) is 10.7. The zero-order chi connectivity index (χ0) is 24.1. The van der Waals surface area contributed by atoms with Crippen LogP contribution in [0.25, 0.3) is 0 Å². The first-order valence-electron chi connectivity index (χ1n) is 11.4. The summed E-state index contributed by atoms with van der Waals surface area (Å²) in [5.41, 5.74) is 0.701. The number of rotatable bonds is 6. The second kappa shape index (κ2) is 11.7. The number of nitrogens with one attached hydrogen (secondary N) is 2. The fourth-order valence-corrected chi connectivity index (χ4v) is 5.66. The van der Waals surface area contributed by atoms with Gasteiger partial charge in [-0.3, -0.25) is 9.59 Å². The van der Waals surface area contributed by atoms with Gasteiger partial charge < -0.3 is 20.4 Å². The van der Waals surface area contributed by atoms with E-state index in [-0.39, 0.29) is 18.4 Å². The van der Waals surface area contributed by atoms with Gasteiger partial charge in [0.25, 0.3) is 0 Å². The number of hydrogen-bond donors (Lipinski definition) is 2. The van der Waals surface area contributed by atoms with Crippen molar-refractivity contribution in [3.05, 3.63) is 39.8 Å². The predicted molar refractivity (Wildman–Crippen MR) is 142 cm³/mol.